The lowest BCUT2D eigenvalue weighted by molar-refractivity contribution is -0.121. The summed E-state index contributed by atoms with van der Waals surface area (Å²) in [5.41, 5.74) is 2.73. The number of hydrogen-bond acceptors (Lipinski definition) is 4. The first kappa shape index (κ1) is 20.3. The van der Waals surface area contributed by atoms with Crippen LogP contribution in [0, 0.1) is 13.8 Å². The van der Waals surface area contributed by atoms with E-state index in [0.717, 1.165) is 35.5 Å². The van der Waals surface area contributed by atoms with Gasteiger partial charge in [0.25, 0.3) is 0 Å². The number of piperidine rings is 1. The molecule has 2 heterocycles. The summed E-state index contributed by atoms with van der Waals surface area (Å²) in [5.74, 6) is 0.816. The summed E-state index contributed by atoms with van der Waals surface area (Å²) in [5, 5.41) is 3.01. The topological polar surface area (TPSA) is 62.6 Å². The second-order valence-electron chi connectivity index (χ2n) is 7.67. The molecule has 1 N–H and O–H groups in total. The van der Waals surface area contributed by atoms with E-state index < -0.39 is 0 Å². The highest BCUT2D eigenvalue weighted by Crippen LogP contribution is 2.24. The van der Waals surface area contributed by atoms with Crippen LogP contribution in [0.25, 0.3) is 0 Å². The van der Waals surface area contributed by atoms with Crippen LogP contribution in [-0.2, 0) is 4.79 Å². The maximum Gasteiger partial charge on any atom is 0.220 e. The zero-order valence-electron chi connectivity index (χ0n) is 16.9. The minimum Gasteiger partial charge on any atom is -0.468 e. The van der Waals surface area contributed by atoms with Gasteiger partial charge in [-0.3, -0.25) is 14.5 Å². The second-order valence-corrected chi connectivity index (χ2v) is 7.67. The average Bonchev–Trinajstić information content (AvgIpc) is 3.23. The van der Waals surface area contributed by atoms with Gasteiger partial charge in [0.1, 0.15) is 5.76 Å². The van der Waals surface area contributed by atoms with Gasteiger partial charge in [0.05, 0.1) is 12.3 Å². The Bertz CT molecular complexity index is 792. The number of nitrogens with zero attached hydrogens (tertiary/aromatic N) is 1. The first-order valence-corrected chi connectivity index (χ1v) is 10.2. The van der Waals surface area contributed by atoms with Crippen molar-refractivity contribution >= 4 is 11.7 Å². The van der Waals surface area contributed by atoms with Crippen molar-refractivity contribution in [1.29, 1.82) is 0 Å². The molecule has 1 aliphatic heterocycles. The van der Waals surface area contributed by atoms with E-state index in [0.29, 0.717) is 6.54 Å². The predicted octanol–water partition coefficient (Wildman–Crippen LogP) is 4.20. The summed E-state index contributed by atoms with van der Waals surface area (Å²) in [6.07, 6.45) is 5.72. The van der Waals surface area contributed by atoms with Crippen LogP contribution in [0.2, 0.25) is 0 Å². The van der Waals surface area contributed by atoms with Gasteiger partial charge in [-0.2, -0.15) is 0 Å². The molecule has 2 aromatic rings. The quantitative estimate of drug-likeness (QED) is 0.695. The van der Waals surface area contributed by atoms with Gasteiger partial charge in [-0.05, 0) is 63.5 Å². The van der Waals surface area contributed by atoms with Crippen LogP contribution in [0.5, 0.6) is 0 Å². The molecule has 28 heavy (non-hydrogen) atoms. The largest absolute Gasteiger partial charge is 0.468 e. The molecular weight excluding hydrogens is 352 g/mol. The highest BCUT2D eigenvalue weighted by Gasteiger charge is 2.25. The van der Waals surface area contributed by atoms with Crippen LogP contribution in [-0.4, -0.2) is 36.2 Å². The minimum atomic E-state index is -0.0905. The molecule has 0 spiro atoms. The number of carbonyl (C=O) groups is 2. The molecule has 1 unspecified atom stereocenters. The van der Waals surface area contributed by atoms with Crippen LogP contribution >= 0.6 is 0 Å². The van der Waals surface area contributed by atoms with Gasteiger partial charge in [0.2, 0.25) is 5.91 Å². The Balaban J connectivity index is 1.53. The Hall–Kier alpha value is -2.40. The number of aryl methyl sites for hydroxylation is 2. The number of carbonyl (C=O) groups excluding carboxylic acids is 2. The maximum atomic E-state index is 12.5. The third-order valence-corrected chi connectivity index (χ3v) is 5.47. The lowest BCUT2D eigenvalue weighted by Gasteiger charge is -2.33. The van der Waals surface area contributed by atoms with Gasteiger partial charge in [-0.1, -0.05) is 24.1 Å². The van der Waals surface area contributed by atoms with Crippen LogP contribution in [0.4, 0.5) is 0 Å². The van der Waals surface area contributed by atoms with E-state index in [1.54, 1.807) is 6.26 Å². The minimum absolute atomic E-state index is 0.0231. The van der Waals surface area contributed by atoms with E-state index in [-0.39, 0.29) is 30.6 Å². The van der Waals surface area contributed by atoms with Crippen LogP contribution in [0.15, 0.2) is 41.0 Å². The van der Waals surface area contributed by atoms with Crippen molar-refractivity contribution < 1.29 is 14.0 Å². The SMILES string of the molecule is Cc1ccc(C)c(C(=O)CCC(=O)NCC(c2ccco2)N2CCCCC2)c1. The molecule has 1 aromatic carbocycles. The summed E-state index contributed by atoms with van der Waals surface area (Å²) < 4.78 is 5.61. The Kier molecular flexibility index (Phi) is 7.04. The zero-order valence-corrected chi connectivity index (χ0v) is 16.9. The first-order chi connectivity index (χ1) is 13.5. The van der Waals surface area contributed by atoms with E-state index in [1.807, 2.05) is 44.2 Å². The van der Waals surface area contributed by atoms with Gasteiger partial charge in [0, 0.05) is 24.9 Å². The van der Waals surface area contributed by atoms with E-state index in [2.05, 4.69) is 10.2 Å². The van der Waals surface area contributed by atoms with Gasteiger partial charge in [-0.15, -0.1) is 0 Å². The van der Waals surface area contributed by atoms with Crippen molar-refractivity contribution in [3.05, 3.63) is 59.0 Å². The third-order valence-electron chi connectivity index (χ3n) is 5.47. The van der Waals surface area contributed by atoms with Gasteiger partial charge in [-0.25, -0.2) is 0 Å². The molecule has 5 heteroatoms. The summed E-state index contributed by atoms with van der Waals surface area (Å²) >= 11 is 0. The molecule has 0 aliphatic carbocycles. The number of Topliss-reactive ketones (excluding diaryl/α,β-unsaturated/α-hetero) is 1. The fraction of sp³-hybridized carbons (Fsp3) is 0.478. The highest BCUT2D eigenvalue weighted by atomic mass is 16.3. The fourth-order valence-corrected chi connectivity index (χ4v) is 3.82. The average molecular weight is 383 g/mol. The molecule has 0 bridgehead atoms. The number of nitrogens with one attached hydrogen (secondary N) is 1. The Morgan fingerprint density at radius 3 is 2.61 bits per heavy atom. The Labute approximate surface area is 167 Å². The molecule has 1 aliphatic rings. The molecule has 3 rings (SSSR count). The molecule has 0 radical (unpaired) electrons. The Morgan fingerprint density at radius 1 is 1.11 bits per heavy atom. The summed E-state index contributed by atoms with van der Waals surface area (Å²) in [7, 11) is 0. The number of furan rings is 1. The van der Waals surface area contributed by atoms with Crippen molar-refractivity contribution in [3.63, 3.8) is 0 Å². The number of benzene rings is 1. The number of hydrogen-bond donors (Lipinski definition) is 1. The Morgan fingerprint density at radius 2 is 1.89 bits per heavy atom. The molecule has 1 aromatic heterocycles. The molecule has 0 saturated carbocycles. The number of ketones is 1. The molecule has 1 amide bonds. The number of amides is 1. The summed E-state index contributed by atoms with van der Waals surface area (Å²) in [4.78, 5) is 27.2. The molecule has 150 valence electrons. The smallest absolute Gasteiger partial charge is 0.220 e. The molecule has 1 fully saturated rings. The molecule has 1 saturated heterocycles. The van der Waals surface area contributed by atoms with Gasteiger partial charge >= 0.3 is 0 Å². The second kappa shape index (κ2) is 9.69. The molecule has 5 nitrogen and oxygen atoms in total. The number of likely N-dealkylation sites (tertiary alicyclic amines) is 1. The van der Waals surface area contributed by atoms with Crippen molar-refractivity contribution in [2.24, 2.45) is 0 Å². The standard InChI is InChI=1S/C23H30N2O3/c1-17-8-9-18(2)19(15-17)21(26)10-11-23(27)24-16-20(22-7-6-14-28-22)25-12-4-3-5-13-25/h6-9,14-15,20H,3-5,10-13,16H2,1-2H3,(H,24,27). The third kappa shape index (κ3) is 5.32. The lowest BCUT2D eigenvalue weighted by atomic mass is 9.99. The molecule has 1 atom stereocenters. The van der Waals surface area contributed by atoms with Crippen molar-refractivity contribution in [2.45, 2.75) is 52.0 Å². The summed E-state index contributed by atoms with van der Waals surface area (Å²) in [6, 6.07) is 9.75. The lowest BCUT2D eigenvalue weighted by Crippen LogP contribution is -2.40. The monoisotopic (exact) mass is 382 g/mol. The van der Waals surface area contributed by atoms with E-state index in [9.17, 15) is 9.59 Å². The van der Waals surface area contributed by atoms with Crippen molar-refractivity contribution in [1.82, 2.24) is 10.2 Å². The van der Waals surface area contributed by atoms with Crippen LogP contribution < -0.4 is 5.32 Å². The number of rotatable bonds is 8. The van der Waals surface area contributed by atoms with Gasteiger partial charge in [0.15, 0.2) is 5.78 Å². The maximum absolute atomic E-state index is 12.5. The normalized spacial score (nSPS) is 15.9. The van der Waals surface area contributed by atoms with Gasteiger partial charge < -0.3 is 9.73 Å². The summed E-state index contributed by atoms with van der Waals surface area (Å²) in [6.45, 7) is 6.44. The van der Waals surface area contributed by atoms with E-state index in [4.69, 9.17) is 4.42 Å². The fourth-order valence-electron chi connectivity index (χ4n) is 3.82. The van der Waals surface area contributed by atoms with Crippen LogP contribution in [0.3, 0.4) is 0 Å². The van der Waals surface area contributed by atoms with Crippen LogP contribution in [0.1, 0.15) is 65.4 Å². The highest BCUT2D eigenvalue weighted by molar-refractivity contribution is 5.99. The van der Waals surface area contributed by atoms with E-state index in [1.165, 1.54) is 19.3 Å². The van der Waals surface area contributed by atoms with Crippen molar-refractivity contribution in [2.75, 3.05) is 19.6 Å². The zero-order chi connectivity index (χ0) is 19.9. The van der Waals surface area contributed by atoms with E-state index >= 15 is 0 Å². The van der Waals surface area contributed by atoms with Crippen molar-refractivity contribution in [3.8, 4) is 0 Å². The molecular formula is C23H30N2O3. The first-order valence-electron chi connectivity index (χ1n) is 10.2. The predicted molar refractivity (Wildman–Crippen MR) is 109 cm³/mol.